The van der Waals surface area contributed by atoms with E-state index in [0.717, 1.165) is 17.7 Å². The van der Waals surface area contributed by atoms with Crippen LogP contribution in [0.2, 0.25) is 5.02 Å². The maximum absolute atomic E-state index is 13.8. The average molecular weight is 252 g/mol. The summed E-state index contributed by atoms with van der Waals surface area (Å²) in [4.78, 5) is 4.36. The SMILES string of the molecule is Cc1cc(F)c2nc(CC(C)C)cc(Cl)c2c1. The molecule has 0 aliphatic heterocycles. The van der Waals surface area contributed by atoms with Crippen molar-refractivity contribution in [2.24, 2.45) is 5.92 Å². The van der Waals surface area contributed by atoms with Gasteiger partial charge in [0.15, 0.2) is 0 Å². The van der Waals surface area contributed by atoms with Crippen LogP contribution in [-0.4, -0.2) is 4.98 Å². The summed E-state index contributed by atoms with van der Waals surface area (Å²) in [7, 11) is 0. The van der Waals surface area contributed by atoms with E-state index in [0.29, 0.717) is 21.8 Å². The highest BCUT2D eigenvalue weighted by Crippen LogP contribution is 2.27. The van der Waals surface area contributed by atoms with Crippen molar-refractivity contribution in [3.8, 4) is 0 Å². The van der Waals surface area contributed by atoms with Gasteiger partial charge < -0.3 is 0 Å². The van der Waals surface area contributed by atoms with E-state index >= 15 is 0 Å². The van der Waals surface area contributed by atoms with E-state index in [2.05, 4.69) is 18.8 Å². The van der Waals surface area contributed by atoms with Crippen molar-refractivity contribution in [2.45, 2.75) is 27.2 Å². The highest BCUT2D eigenvalue weighted by atomic mass is 35.5. The molecule has 0 N–H and O–H groups in total. The van der Waals surface area contributed by atoms with E-state index in [1.165, 1.54) is 6.07 Å². The van der Waals surface area contributed by atoms with Crippen molar-refractivity contribution in [2.75, 3.05) is 0 Å². The highest BCUT2D eigenvalue weighted by molar-refractivity contribution is 6.35. The third-order valence-corrected chi connectivity index (χ3v) is 2.94. The molecule has 1 aromatic carbocycles. The van der Waals surface area contributed by atoms with Gasteiger partial charge in [-0.15, -0.1) is 0 Å². The number of hydrogen-bond acceptors (Lipinski definition) is 1. The van der Waals surface area contributed by atoms with Crippen molar-refractivity contribution in [1.29, 1.82) is 0 Å². The van der Waals surface area contributed by atoms with Gasteiger partial charge in [-0.3, -0.25) is 0 Å². The minimum absolute atomic E-state index is 0.299. The summed E-state index contributed by atoms with van der Waals surface area (Å²) in [6, 6.07) is 5.19. The molecule has 0 aliphatic rings. The van der Waals surface area contributed by atoms with Crippen LogP contribution in [0.1, 0.15) is 25.1 Å². The van der Waals surface area contributed by atoms with E-state index < -0.39 is 0 Å². The van der Waals surface area contributed by atoms with Crippen molar-refractivity contribution in [3.05, 3.63) is 40.3 Å². The second kappa shape index (κ2) is 4.61. The largest absolute Gasteiger partial charge is 0.250 e. The predicted octanol–water partition coefficient (Wildman–Crippen LogP) is 4.53. The first-order valence-electron chi connectivity index (χ1n) is 5.72. The number of pyridine rings is 1. The highest BCUT2D eigenvalue weighted by Gasteiger charge is 2.10. The van der Waals surface area contributed by atoms with Crippen LogP contribution < -0.4 is 0 Å². The Balaban J connectivity index is 2.64. The molecule has 17 heavy (non-hydrogen) atoms. The maximum Gasteiger partial charge on any atom is 0.149 e. The molecular formula is C14H15ClFN. The van der Waals surface area contributed by atoms with Gasteiger partial charge in [0.25, 0.3) is 0 Å². The molecule has 1 heterocycles. The van der Waals surface area contributed by atoms with Gasteiger partial charge in [0, 0.05) is 11.1 Å². The van der Waals surface area contributed by atoms with Gasteiger partial charge in [-0.25, -0.2) is 9.37 Å². The molecule has 0 fully saturated rings. The predicted molar refractivity (Wildman–Crippen MR) is 70.0 cm³/mol. The Morgan fingerprint density at radius 2 is 2.00 bits per heavy atom. The van der Waals surface area contributed by atoms with E-state index in [-0.39, 0.29) is 5.82 Å². The summed E-state index contributed by atoms with van der Waals surface area (Å²) in [5.74, 6) is 0.178. The van der Waals surface area contributed by atoms with E-state index in [9.17, 15) is 4.39 Å². The quantitative estimate of drug-likeness (QED) is 0.764. The molecule has 0 atom stereocenters. The normalized spacial score (nSPS) is 11.4. The van der Waals surface area contributed by atoms with Gasteiger partial charge in [-0.1, -0.05) is 25.4 Å². The summed E-state index contributed by atoms with van der Waals surface area (Å²) in [6.07, 6.45) is 0.809. The second-order valence-corrected chi connectivity index (χ2v) is 5.24. The first-order valence-corrected chi connectivity index (χ1v) is 6.10. The Kier molecular flexibility index (Phi) is 3.34. The zero-order valence-electron chi connectivity index (χ0n) is 10.2. The standard InChI is InChI=1S/C14H15ClFN/c1-8(2)4-10-7-12(15)11-5-9(3)6-13(16)14(11)17-10/h5-8H,4H2,1-3H3. The first-order chi connectivity index (χ1) is 7.97. The lowest BCUT2D eigenvalue weighted by Gasteiger charge is -2.08. The van der Waals surface area contributed by atoms with Crippen LogP contribution in [0.3, 0.4) is 0 Å². The number of aromatic nitrogens is 1. The number of fused-ring (bicyclic) bond motifs is 1. The lowest BCUT2D eigenvalue weighted by atomic mass is 10.1. The third-order valence-electron chi connectivity index (χ3n) is 2.63. The molecule has 1 aromatic heterocycles. The Hall–Kier alpha value is -1.15. The number of aryl methyl sites for hydroxylation is 1. The molecule has 0 aliphatic carbocycles. The summed E-state index contributed by atoms with van der Waals surface area (Å²) in [5, 5.41) is 1.27. The average Bonchev–Trinajstić information content (AvgIpc) is 2.19. The van der Waals surface area contributed by atoms with Gasteiger partial charge in [-0.2, -0.15) is 0 Å². The van der Waals surface area contributed by atoms with Gasteiger partial charge >= 0.3 is 0 Å². The van der Waals surface area contributed by atoms with Crippen molar-refractivity contribution < 1.29 is 4.39 Å². The van der Waals surface area contributed by atoms with Crippen LogP contribution in [0.4, 0.5) is 4.39 Å². The van der Waals surface area contributed by atoms with Gasteiger partial charge in [0.1, 0.15) is 11.3 Å². The molecule has 90 valence electrons. The Morgan fingerprint density at radius 1 is 1.29 bits per heavy atom. The third kappa shape index (κ3) is 2.58. The molecule has 0 bridgehead atoms. The zero-order chi connectivity index (χ0) is 12.6. The van der Waals surface area contributed by atoms with Gasteiger partial charge in [-0.05, 0) is 43.0 Å². The molecule has 3 heteroatoms. The molecule has 2 rings (SSSR count). The molecular weight excluding hydrogens is 237 g/mol. The van der Waals surface area contributed by atoms with Crippen LogP contribution >= 0.6 is 11.6 Å². The summed E-state index contributed by atoms with van der Waals surface area (Å²) >= 11 is 6.18. The van der Waals surface area contributed by atoms with Crippen LogP contribution in [-0.2, 0) is 6.42 Å². The molecule has 0 saturated heterocycles. The smallest absolute Gasteiger partial charge is 0.149 e. The number of benzene rings is 1. The van der Waals surface area contributed by atoms with Crippen LogP contribution in [0.15, 0.2) is 18.2 Å². The Morgan fingerprint density at radius 3 is 2.65 bits per heavy atom. The summed E-state index contributed by atoms with van der Waals surface area (Å²) in [6.45, 7) is 6.05. The number of hydrogen-bond donors (Lipinski definition) is 0. The fraction of sp³-hybridized carbons (Fsp3) is 0.357. The number of halogens is 2. The topological polar surface area (TPSA) is 12.9 Å². The number of rotatable bonds is 2. The monoisotopic (exact) mass is 251 g/mol. The first kappa shape index (κ1) is 12.3. The second-order valence-electron chi connectivity index (χ2n) is 4.84. The van der Waals surface area contributed by atoms with Crippen molar-refractivity contribution in [1.82, 2.24) is 4.98 Å². The summed E-state index contributed by atoms with van der Waals surface area (Å²) < 4.78 is 13.8. The zero-order valence-corrected chi connectivity index (χ0v) is 11.0. The van der Waals surface area contributed by atoms with Gasteiger partial charge in [0.05, 0.1) is 5.02 Å². The van der Waals surface area contributed by atoms with Crippen LogP contribution in [0.25, 0.3) is 10.9 Å². The molecule has 1 nitrogen and oxygen atoms in total. The molecule has 0 radical (unpaired) electrons. The maximum atomic E-state index is 13.8. The van der Waals surface area contributed by atoms with Gasteiger partial charge in [0.2, 0.25) is 0 Å². The van der Waals surface area contributed by atoms with Crippen LogP contribution in [0.5, 0.6) is 0 Å². The van der Waals surface area contributed by atoms with E-state index in [1.807, 2.05) is 19.1 Å². The Labute approximate surface area is 106 Å². The fourth-order valence-electron chi connectivity index (χ4n) is 1.95. The van der Waals surface area contributed by atoms with Crippen molar-refractivity contribution >= 4 is 22.5 Å². The lowest BCUT2D eigenvalue weighted by molar-refractivity contribution is 0.625. The van der Waals surface area contributed by atoms with E-state index in [1.54, 1.807) is 0 Å². The number of nitrogens with zero attached hydrogens (tertiary/aromatic N) is 1. The summed E-state index contributed by atoms with van der Waals surface area (Å²) in [5.41, 5.74) is 2.08. The molecule has 0 unspecified atom stereocenters. The lowest BCUT2D eigenvalue weighted by Crippen LogP contribution is -1.99. The molecule has 0 amide bonds. The fourth-order valence-corrected chi connectivity index (χ4v) is 2.22. The molecule has 0 saturated carbocycles. The van der Waals surface area contributed by atoms with Crippen LogP contribution in [0, 0.1) is 18.7 Å². The minimum atomic E-state index is -0.299. The van der Waals surface area contributed by atoms with Crippen molar-refractivity contribution in [3.63, 3.8) is 0 Å². The van der Waals surface area contributed by atoms with E-state index in [4.69, 9.17) is 11.6 Å². The minimum Gasteiger partial charge on any atom is -0.250 e. The molecule has 0 spiro atoms. The molecule has 2 aromatic rings. The Bertz CT molecular complexity index is 564.